The van der Waals surface area contributed by atoms with Gasteiger partial charge in [0.25, 0.3) is 0 Å². The van der Waals surface area contributed by atoms with Crippen molar-refractivity contribution < 1.29 is 90.5 Å². The van der Waals surface area contributed by atoms with Crippen molar-refractivity contribution in [2.75, 3.05) is 13.2 Å². The van der Waals surface area contributed by atoms with E-state index < -0.39 is 128 Å². The van der Waals surface area contributed by atoms with Gasteiger partial charge in [-0.25, -0.2) is 4.68 Å². The molecule has 5 rings (SSSR count). The number of hydrogen-bond donors (Lipinski definition) is 0. The first-order valence-electron chi connectivity index (χ1n) is 17.6. The molecule has 2 fully saturated rings. The highest BCUT2D eigenvalue weighted by molar-refractivity contribution is 6.27. The zero-order valence-corrected chi connectivity index (χ0v) is 32.1. The molecule has 22 heteroatoms. The summed E-state index contributed by atoms with van der Waals surface area (Å²) in [5.41, 5.74) is -0.693. The molecular weight excluding hydrogens is 778 g/mol. The minimum atomic E-state index is -1.91. The summed E-state index contributed by atoms with van der Waals surface area (Å²) >= 11 is 0. The minimum Gasteiger partial charge on any atom is -0.463 e. The predicted octanol–water partition coefficient (Wildman–Crippen LogP) is -0.154. The number of ether oxygens (including phenoxy) is 10. The van der Waals surface area contributed by atoms with Gasteiger partial charge < -0.3 is 47.4 Å². The Morgan fingerprint density at radius 3 is 1.53 bits per heavy atom. The summed E-state index contributed by atoms with van der Waals surface area (Å²) in [6, 6.07) is 5.92. The van der Waals surface area contributed by atoms with Crippen LogP contribution in [0.3, 0.4) is 0 Å². The molecule has 22 nitrogen and oxygen atoms in total. The van der Waals surface area contributed by atoms with Gasteiger partial charge in [0.2, 0.25) is 11.6 Å². The third-order valence-corrected chi connectivity index (χ3v) is 8.69. The third kappa shape index (κ3) is 9.52. The van der Waals surface area contributed by atoms with Crippen molar-refractivity contribution in [3.05, 3.63) is 46.8 Å². The lowest BCUT2D eigenvalue weighted by atomic mass is 9.89. The number of fused-ring (bicyclic) bond motifs is 2. The van der Waals surface area contributed by atoms with Crippen molar-refractivity contribution >= 4 is 53.4 Å². The average molecular weight is 818 g/mol. The first-order valence-corrected chi connectivity index (χ1v) is 17.6. The molecule has 58 heavy (non-hydrogen) atoms. The van der Waals surface area contributed by atoms with E-state index in [1.54, 1.807) is 6.07 Å². The highest BCUT2D eigenvalue weighted by Gasteiger charge is 2.58. The summed E-state index contributed by atoms with van der Waals surface area (Å²) in [4.78, 5) is 114. The van der Waals surface area contributed by atoms with Gasteiger partial charge in [0, 0.05) is 59.6 Å². The SMILES string of the molecule is CC(=O)OC[C@H]1O[C@@H](n2nnc3c2C(=O)c2ccccc2C3=O)[C@H](OC(C)=O)[C@@H](OC(C)=O)[C@@H]1O[C@@H]1O[C@H](COC(C)=O)[C@@H](OC(C)=O)[C@H](OC(C)=O)[C@H]1OC(C)=O. The summed E-state index contributed by atoms with van der Waals surface area (Å²) in [5.74, 6) is -7.75. The summed E-state index contributed by atoms with van der Waals surface area (Å²) in [5, 5.41) is 7.94. The topological polar surface area (TPSA) is 277 Å². The summed E-state index contributed by atoms with van der Waals surface area (Å²) in [6.07, 6.45) is -17.1. The van der Waals surface area contributed by atoms with Crippen LogP contribution in [-0.2, 0) is 80.9 Å². The smallest absolute Gasteiger partial charge is 0.303 e. The van der Waals surface area contributed by atoms with Crippen LogP contribution in [0.1, 0.15) is 86.8 Å². The maximum atomic E-state index is 13.9. The van der Waals surface area contributed by atoms with Crippen LogP contribution in [0.15, 0.2) is 24.3 Å². The van der Waals surface area contributed by atoms with Crippen LogP contribution in [0.4, 0.5) is 0 Å². The molecule has 10 atom stereocenters. The monoisotopic (exact) mass is 817 g/mol. The Labute approximate surface area is 328 Å². The van der Waals surface area contributed by atoms with Crippen LogP contribution in [0, 0.1) is 0 Å². The Hall–Kier alpha value is -6.13. The Bertz CT molecular complexity index is 1990. The molecule has 3 heterocycles. The van der Waals surface area contributed by atoms with E-state index in [0.717, 1.165) is 53.1 Å². The first kappa shape index (κ1) is 43.0. The van der Waals surface area contributed by atoms with Gasteiger partial charge in [0.15, 0.2) is 48.7 Å². The van der Waals surface area contributed by atoms with Crippen LogP contribution < -0.4 is 0 Å². The van der Waals surface area contributed by atoms with E-state index in [1.165, 1.54) is 18.2 Å². The van der Waals surface area contributed by atoms with E-state index in [2.05, 4.69) is 10.3 Å². The molecule has 0 N–H and O–H groups in total. The van der Waals surface area contributed by atoms with Gasteiger partial charge >= 0.3 is 41.8 Å². The molecule has 3 aliphatic rings. The molecule has 2 saturated heterocycles. The van der Waals surface area contributed by atoms with Gasteiger partial charge in [-0.3, -0.25) is 43.2 Å². The van der Waals surface area contributed by atoms with E-state index in [-0.39, 0.29) is 22.5 Å². The second kappa shape index (κ2) is 18.0. The molecule has 0 radical (unpaired) electrons. The van der Waals surface area contributed by atoms with Crippen molar-refractivity contribution in [3.63, 3.8) is 0 Å². The van der Waals surface area contributed by atoms with Gasteiger partial charge in [-0.2, -0.15) is 0 Å². The molecule has 2 aromatic rings. The fraction of sp³-hybridized carbons (Fsp3) is 0.528. The van der Waals surface area contributed by atoms with E-state index in [4.69, 9.17) is 47.4 Å². The van der Waals surface area contributed by atoms with Gasteiger partial charge in [-0.1, -0.05) is 29.5 Å². The molecule has 0 spiro atoms. The number of carbonyl (C=O) groups excluding carboxylic acids is 9. The van der Waals surface area contributed by atoms with Crippen LogP contribution in [0.25, 0.3) is 0 Å². The molecule has 312 valence electrons. The molecule has 0 bridgehead atoms. The van der Waals surface area contributed by atoms with E-state index in [9.17, 15) is 43.2 Å². The number of nitrogens with zero attached hydrogens (tertiary/aromatic N) is 3. The first-order chi connectivity index (χ1) is 27.4. The molecule has 1 aromatic carbocycles. The molecule has 1 aliphatic carbocycles. The highest BCUT2D eigenvalue weighted by Crippen LogP contribution is 2.39. The number of rotatable bonds is 12. The summed E-state index contributed by atoms with van der Waals surface area (Å²) < 4.78 is 57.8. The van der Waals surface area contributed by atoms with Gasteiger partial charge in [0.05, 0.1) is 0 Å². The van der Waals surface area contributed by atoms with Crippen molar-refractivity contribution in [1.82, 2.24) is 15.0 Å². The van der Waals surface area contributed by atoms with Crippen LogP contribution >= 0.6 is 0 Å². The molecular formula is C36H39N3O19. The Balaban J connectivity index is 1.65. The lowest BCUT2D eigenvalue weighted by Gasteiger charge is -2.48. The minimum absolute atomic E-state index is 0.00117. The summed E-state index contributed by atoms with van der Waals surface area (Å²) in [6.45, 7) is 5.84. The van der Waals surface area contributed by atoms with Gasteiger partial charge in [0.1, 0.15) is 37.2 Å². The average Bonchev–Trinajstić information content (AvgIpc) is 3.57. The number of aromatic nitrogens is 3. The van der Waals surface area contributed by atoms with Crippen LogP contribution in [0.2, 0.25) is 0 Å². The Morgan fingerprint density at radius 1 is 0.569 bits per heavy atom. The van der Waals surface area contributed by atoms with Crippen LogP contribution in [-0.4, -0.2) is 137 Å². The second-order valence-electron chi connectivity index (χ2n) is 13.1. The number of hydrogen-bond acceptors (Lipinski definition) is 21. The zero-order valence-electron chi connectivity index (χ0n) is 32.1. The van der Waals surface area contributed by atoms with Crippen molar-refractivity contribution in [2.45, 2.75) is 110 Å². The Kier molecular flexibility index (Phi) is 13.3. The second-order valence-corrected chi connectivity index (χ2v) is 13.1. The van der Waals surface area contributed by atoms with E-state index >= 15 is 0 Å². The van der Waals surface area contributed by atoms with Crippen molar-refractivity contribution in [1.29, 1.82) is 0 Å². The quantitative estimate of drug-likeness (QED) is 0.170. The normalized spacial score (nSPS) is 27.5. The van der Waals surface area contributed by atoms with E-state index in [1.807, 2.05) is 0 Å². The fourth-order valence-corrected chi connectivity index (χ4v) is 6.66. The van der Waals surface area contributed by atoms with E-state index in [0.29, 0.717) is 0 Å². The number of esters is 7. The summed E-state index contributed by atoms with van der Waals surface area (Å²) in [7, 11) is 0. The molecule has 0 amide bonds. The van der Waals surface area contributed by atoms with Gasteiger partial charge in [-0.05, 0) is 0 Å². The Morgan fingerprint density at radius 2 is 1.02 bits per heavy atom. The highest BCUT2D eigenvalue weighted by atomic mass is 16.8. The largest absolute Gasteiger partial charge is 0.463 e. The molecule has 0 saturated carbocycles. The zero-order chi connectivity index (χ0) is 42.6. The lowest BCUT2D eigenvalue weighted by molar-refractivity contribution is -0.349. The van der Waals surface area contributed by atoms with Gasteiger partial charge in [-0.15, -0.1) is 5.10 Å². The number of benzene rings is 1. The molecule has 2 aliphatic heterocycles. The third-order valence-electron chi connectivity index (χ3n) is 8.69. The maximum absolute atomic E-state index is 13.9. The number of carbonyl (C=O) groups is 9. The standard InChI is InChI=1S/C36H39N3O19/c1-14(40)49-12-23-30(58-36-34(55-20(7)46)32(53-18(5)44)29(51-16(3)42)24(57-36)13-50-15(2)41)31(52-17(4)43)33(54-19(6)45)35(56-23)39-26-25(37-38-39)27(47)21-10-8-9-11-22(21)28(26)48/h8-11,23-24,29-36H,12-13H2,1-7H3/t23-,24-,29-,30-,31+,32+,33-,34-,35-,36+/m1/s1. The lowest BCUT2D eigenvalue weighted by Crippen LogP contribution is -2.66. The fourth-order valence-electron chi connectivity index (χ4n) is 6.66. The predicted molar refractivity (Wildman–Crippen MR) is 182 cm³/mol. The molecule has 1 aromatic heterocycles. The number of ketones is 2. The van der Waals surface area contributed by atoms with Crippen molar-refractivity contribution in [3.8, 4) is 0 Å². The maximum Gasteiger partial charge on any atom is 0.303 e. The van der Waals surface area contributed by atoms with Crippen molar-refractivity contribution in [2.24, 2.45) is 0 Å². The van der Waals surface area contributed by atoms with Crippen LogP contribution in [0.5, 0.6) is 0 Å². The molecule has 0 unspecified atom stereocenters.